The highest BCUT2D eigenvalue weighted by Crippen LogP contribution is 2.33. The summed E-state index contributed by atoms with van der Waals surface area (Å²) in [5, 5.41) is 3.37. The van der Waals surface area contributed by atoms with Crippen molar-refractivity contribution < 1.29 is 28.6 Å². The van der Waals surface area contributed by atoms with Crippen molar-refractivity contribution in [2.45, 2.75) is 55.5 Å². The molecule has 1 amide bonds. The topological polar surface area (TPSA) is 90.9 Å². The lowest BCUT2D eigenvalue weighted by atomic mass is 9.92. The second-order valence-electron chi connectivity index (χ2n) is 9.13. The van der Waals surface area contributed by atoms with E-state index in [-0.39, 0.29) is 19.1 Å². The van der Waals surface area contributed by atoms with E-state index in [1.807, 2.05) is 72.8 Å². The SMILES string of the molecule is CC(=O)NC(CCc1ccc(Sc2cccc(OCc3ccccc3)c2)cc1Cl)(COC(C)=O)COC(C)=O. The maximum Gasteiger partial charge on any atom is 0.302 e. The molecule has 39 heavy (non-hydrogen) atoms. The van der Waals surface area contributed by atoms with Crippen LogP contribution in [0.2, 0.25) is 5.02 Å². The predicted octanol–water partition coefficient (Wildman–Crippen LogP) is 6.00. The summed E-state index contributed by atoms with van der Waals surface area (Å²) in [5.41, 5.74) is 0.864. The van der Waals surface area contributed by atoms with Crippen molar-refractivity contribution in [2.75, 3.05) is 13.2 Å². The van der Waals surface area contributed by atoms with Gasteiger partial charge in [-0.2, -0.15) is 0 Å². The smallest absolute Gasteiger partial charge is 0.302 e. The zero-order valence-electron chi connectivity index (χ0n) is 22.2. The van der Waals surface area contributed by atoms with Gasteiger partial charge in [0.15, 0.2) is 0 Å². The summed E-state index contributed by atoms with van der Waals surface area (Å²) in [4.78, 5) is 36.9. The van der Waals surface area contributed by atoms with Crippen LogP contribution in [0, 0.1) is 0 Å². The Morgan fingerprint density at radius 1 is 0.846 bits per heavy atom. The molecule has 0 atom stereocenters. The highest BCUT2D eigenvalue weighted by Gasteiger charge is 2.34. The molecule has 206 valence electrons. The van der Waals surface area contributed by atoms with Gasteiger partial charge in [0.2, 0.25) is 5.91 Å². The van der Waals surface area contributed by atoms with E-state index in [0.29, 0.717) is 24.5 Å². The van der Waals surface area contributed by atoms with Gasteiger partial charge in [0.05, 0.1) is 0 Å². The van der Waals surface area contributed by atoms with Crippen LogP contribution in [-0.4, -0.2) is 36.6 Å². The largest absolute Gasteiger partial charge is 0.489 e. The Balaban J connectivity index is 1.68. The molecule has 3 aromatic carbocycles. The van der Waals surface area contributed by atoms with Gasteiger partial charge in [-0.05, 0) is 54.3 Å². The van der Waals surface area contributed by atoms with Crippen molar-refractivity contribution in [1.29, 1.82) is 0 Å². The number of amides is 1. The minimum absolute atomic E-state index is 0.135. The van der Waals surface area contributed by atoms with Gasteiger partial charge in [-0.1, -0.05) is 65.8 Å². The standard InChI is InChI=1S/C30H32ClNO6S/c1-21(33)32-30(19-37-22(2)34,20-38-23(3)35)15-14-25-12-13-28(17-29(25)31)39-27-11-7-10-26(16-27)36-18-24-8-5-4-6-9-24/h4-13,16-17H,14-15,18-20H2,1-3H3,(H,32,33). The quantitative estimate of drug-likeness (QED) is 0.252. The molecule has 0 aliphatic carbocycles. The average Bonchev–Trinajstić information content (AvgIpc) is 2.89. The molecular formula is C30H32ClNO6S. The fourth-order valence-electron chi connectivity index (χ4n) is 3.85. The number of nitrogens with one attached hydrogen (secondary N) is 1. The van der Waals surface area contributed by atoms with Crippen LogP contribution < -0.4 is 10.1 Å². The fraction of sp³-hybridized carbons (Fsp3) is 0.300. The van der Waals surface area contributed by atoms with Crippen molar-refractivity contribution >= 4 is 41.2 Å². The second kappa shape index (κ2) is 14.6. The van der Waals surface area contributed by atoms with Crippen LogP contribution in [0.4, 0.5) is 0 Å². The molecule has 0 aliphatic rings. The molecule has 0 fully saturated rings. The number of carbonyl (C=O) groups excluding carboxylic acids is 3. The van der Waals surface area contributed by atoms with E-state index in [1.165, 1.54) is 20.8 Å². The molecule has 0 aliphatic heterocycles. The first-order valence-corrected chi connectivity index (χ1v) is 13.6. The monoisotopic (exact) mass is 569 g/mol. The predicted molar refractivity (Wildman–Crippen MR) is 151 cm³/mol. The Hall–Kier alpha value is -3.49. The molecule has 0 saturated heterocycles. The van der Waals surface area contributed by atoms with Crippen molar-refractivity contribution in [3.05, 3.63) is 88.9 Å². The molecule has 0 radical (unpaired) electrons. The van der Waals surface area contributed by atoms with E-state index in [0.717, 1.165) is 26.7 Å². The van der Waals surface area contributed by atoms with E-state index in [4.69, 9.17) is 25.8 Å². The molecule has 0 bridgehead atoms. The highest BCUT2D eigenvalue weighted by molar-refractivity contribution is 7.99. The molecular weight excluding hydrogens is 538 g/mol. The van der Waals surface area contributed by atoms with Crippen LogP contribution in [0.3, 0.4) is 0 Å². The van der Waals surface area contributed by atoms with E-state index >= 15 is 0 Å². The van der Waals surface area contributed by atoms with Crippen LogP contribution in [-0.2, 0) is 36.9 Å². The molecule has 1 N–H and O–H groups in total. The minimum atomic E-state index is -1.08. The lowest BCUT2D eigenvalue weighted by Crippen LogP contribution is -2.55. The number of rotatable bonds is 13. The van der Waals surface area contributed by atoms with E-state index in [2.05, 4.69) is 5.32 Å². The van der Waals surface area contributed by atoms with Crippen molar-refractivity contribution in [1.82, 2.24) is 5.32 Å². The van der Waals surface area contributed by atoms with Crippen LogP contribution >= 0.6 is 23.4 Å². The zero-order chi connectivity index (χ0) is 28.3. The van der Waals surface area contributed by atoms with Crippen molar-refractivity contribution in [3.63, 3.8) is 0 Å². The molecule has 0 aromatic heterocycles. The van der Waals surface area contributed by atoms with Gasteiger partial charge in [0.1, 0.15) is 31.1 Å². The third-order valence-corrected chi connectivity index (χ3v) is 7.06. The van der Waals surface area contributed by atoms with Crippen LogP contribution in [0.15, 0.2) is 82.6 Å². The average molecular weight is 570 g/mol. The van der Waals surface area contributed by atoms with Crippen molar-refractivity contribution in [2.24, 2.45) is 0 Å². The Labute approximate surface area is 238 Å². The summed E-state index contributed by atoms with van der Waals surface area (Å²) in [6.45, 7) is 4.14. The number of benzene rings is 3. The molecule has 9 heteroatoms. The number of hydrogen-bond acceptors (Lipinski definition) is 7. The van der Waals surface area contributed by atoms with Gasteiger partial charge in [-0.25, -0.2) is 0 Å². The van der Waals surface area contributed by atoms with Gasteiger partial charge >= 0.3 is 11.9 Å². The fourth-order valence-corrected chi connectivity index (χ4v) is 5.09. The van der Waals surface area contributed by atoms with E-state index < -0.39 is 17.5 Å². The van der Waals surface area contributed by atoms with Crippen molar-refractivity contribution in [3.8, 4) is 5.75 Å². The van der Waals surface area contributed by atoms with Gasteiger partial charge < -0.3 is 19.5 Å². The second-order valence-corrected chi connectivity index (χ2v) is 10.7. The normalized spacial score (nSPS) is 11.0. The summed E-state index contributed by atoms with van der Waals surface area (Å²) in [6, 6.07) is 23.6. The third kappa shape index (κ3) is 10.3. The molecule has 0 saturated carbocycles. The molecule has 3 aromatic rings. The molecule has 7 nitrogen and oxygen atoms in total. The van der Waals surface area contributed by atoms with Crippen LogP contribution in [0.25, 0.3) is 0 Å². The summed E-state index contributed by atoms with van der Waals surface area (Å²) in [6.07, 6.45) is 0.787. The summed E-state index contributed by atoms with van der Waals surface area (Å²) in [5.74, 6) is -0.549. The summed E-state index contributed by atoms with van der Waals surface area (Å²) >= 11 is 8.20. The van der Waals surface area contributed by atoms with Gasteiger partial charge in [0, 0.05) is 35.6 Å². The lowest BCUT2D eigenvalue weighted by Gasteiger charge is -2.33. The van der Waals surface area contributed by atoms with E-state index in [1.54, 1.807) is 11.8 Å². The lowest BCUT2D eigenvalue weighted by molar-refractivity contribution is -0.150. The zero-order valence-corrected chi connectivity index (χ0v) is 23.8. The number of carbonyl (C=O) groups is 3. The Kier molecular flexibility index (Phi) is 11.3. The van der Waals surface area contributed by atoms with Gasteiger partial charge in [0.25, 0.3) is 0 Å². The molecule has 0 heterocycles. The number of halogens is 1. The first-order valence-electron chi connectivity index (χ1n) is 12.4. The number of ether oxygens (including phenoxy) is 3. The highest BCUT2D eigenvalue weighted by atomic mass is 35.5. The van der Waals surface area contributed by atoms with Crippen LogP contribution in [0.5, 0.6) is 5.75 Å². The number of esters is 2. The Morgan fingerprint density at radius 2 is 1.51 bits per heavy atom. The maximum atomic E-state index is 12.0. The van der Waals surface area contributed by atoms with E-state index in [9.17, 15) is 14.4 Å². The maximum absolute atomic E-state index is 12.0. The van der Waals surface area contributed by atoms with Gasteiger partial charge in [-0.15, -0.1) is 0 Å². The Bertz CT molecular complexity index is 1270. The summed E-state index contributed by atoms with van der Waals surface area (Å²) in [7, 11) is 0. The molecule has 0 spiro atoms. The Morgan fingerprint density at radius 3 is 2.13 bits per heavy atom. The molecule has 0 unspecified atom stereocenters. The summed E-state index contributed by atoms with van der Waals surface area (Å²) < 4.78 is 16.4. The number of hydrogen-bond donors (Lipinski definition) is 1. The first-order chi connectivity index (χ1) is 18.6. The minimum Gasteiger partial charge on any atom is -0.489 e. The molecule has 3 rings (SSSR count). The van der Waals surface area contributed by atoms with Crippen LogP contribution in [0.1, 0.15) is 38.3 Å². The number of aryl methyl sites for hydroxylation is 1. The first kappa shape index (κ1) is 30.1. The van der Waals surface area contributed by atoms with Gasteiger partial charge in [-0.3, -0.25) is 14.4 Å². The third-order valence-electron chi connectivity index (χ3n) is 5.73.